The van der Waals surface area contributed by atoms with Crippen LogP contribution in [0.3, 0.4) is 0 Å². The van der Waals surface area contributed by atoms with Crippen molar-refractivity contribution in [3.63, 3.8) is 0 Å². The van der Waals surface area contributed by atoms with Gasteiger partial charge < -0.3 is 19.9 Å². The fraction of sp³-hybridized carbons (Fsp3) is 0.524. The standard InChI is InChI=1S/C21H31N5O4S/c1-16(2)20-12-19(30-25-20)14-24-21(22-3)23-13-17-6-4-5-7-18(17)15-31(27,28)26-8-10-29-11-9-26/h4-7,12,16H,8-11,13-15H2,1-3H3,(H2,22,23,24). The van der Waals surface area contributed by atoms with E-state index in [1.165, 1.54) is 4.31 Å². The molecule has 0 radical (unpaired) electrons. The van der Waals surface area contributed by atoms with Crippen molar-refractivity contribution < 1.29 is 17.7 Å². The number of nitrogens with zero attached hydrogens (tertiary/aromatic N) is 3. The molecule has 1 aliphatic rings. The van der Waals surface area contributed by atoms with Crippen LogP contribution in [-0.4, -0.2) is 57.2 Å². The van der Waals surface area contributed by atoms with Crippen molar-refractivity contribution in [3.8, 4) is 0 Å². The zero-order valence-corrected chi connectivity index (χ0v) is 19.1. The fourth-order valence-corrected chi connectivity index (χ4v) is 4.80. The second-order valence-electron chi connectivity index (χ2n) is 7.69. The van der Waals surface area contributed by atoms with Gasteiger partial charge in [-0.1, -0.05) is 43.3 Å². The molecule has 2 aromatic rings. The van der Waals surface area contributed by atoms with E-state index in [0.29, 0.717) is 51.3 Å². The Labute approximate surface area is 183 Å². The molecule has 0 aliphatic carbocycles. The smallest absolute Gasteiger partial charge is 0.218 e. The van der Waals surface area contributed by atoms with Gasteiger partial charge in [-0.25, -0.2) is 8.42 Å². The normalized spacial score (nSPS) is 15.9. The first-order chi connectivity index (χ1) is 14.9. The van der Waals surface area contributed by atoms with Gasteiger partial charge in [0.25, 0.3) is 0 Å². The van der Waals surface area contributed by atoms with Gasteiger partial charge in [0.05, 0.1) is 31.2 Å². The number of morpholine rings is 1. The molecule has 0 saturated carbocycles. The van der Waals surface area contributed by atoms with Crippen molar-refractivity contribution in [3.05, 3.63) is 52.9 Å². The average molecular weight is 450 g/mol. The number of hydrogen-bond acceptors (Lipinski definition) is 6. The molecule has 9 nitrogen and oxygen atoms in total. The molecule has 0 unspecified atom stereocenters. The molecule has 1 aromatic heterocycles. The predicted octanol–water partition coefficient (Wildman–Crippen LogP) is 1.83. The molecule has 1 saturated heterocycles. The number of sulfonamides is 1. The molecule has 2 N–H and O–H groups in total. The number of aromatic nitrogens is 1. The van der Waals surface area contributed by atoms with E-state index in [2.05, 4.69) is 34.6 Å². The molecule has 1 aromatic carbocycles. The zero-order chi connectivity index (χ0) is 22.3. The lowest BCUT2D eigenvalue weighted by molar-refractivity contribution is 0.0729. The summed E-state index contributed by atoms with van der Waals surface area (Å²) in [6.07, 6.45) is 0. The molecule has 31 heavy (non-hydrogen) atoms. The maximum atomic E-state index is 12.8. The van der Waals surface area contributed by atoms with Crippen molar-refractivity contribution in [1.82, 2.24) is 20.1 Å². The van der Waals surface area contributed by atoms with Crippen molar-refractivity contribution >= 4 is 16.0 Å². The van der Waals surface area contributed by atoms with Gasteiger partial charge in [-0.05, 0) is 17.0 Å². The van der Waals surface area contributed by atoms with Crippen LogP contribution in [0.25, 0.3) is 0 Å². The van der Waals surface area contributed by atoms with E-state index in [1.54, 1.807) is 7.05 Å². The molecular weight excluding hydrogens is 418 g/mol. The molecule has 2 heterocycles. The Morgan fingerprint density at radius 3 is 2.48 bits per heavy atom. The third-order valence-electron chi connectivity index (χ3n) is 5.09. The lowest BCUT2D eigenvalue weighted by Gasteiger charge is -2.26. The number of aliphatic imine (C=N–C) groups is 1. The average Bonchev–Trinajstić information content (AvgIpc) is 3.25. The zero-order valence-electron chi connectivity index (χ0n) is 18.3. The quantitative estimate of drug-likeness (QED) is 0.467. The van der Waals surface area contributed by atoms with Crippen molar-refractivity contribution in [2.45, 2.75) is 38.6 Å². The first-order valence-electron chi connectivity index (χ1n) is 10.4. The number of benzene rings is 1. The maximum absolute atomic E-state index is 12.8. The van der Waals surface area contributed by atoms with Gasteiger partial charge in [0, 0.05) is 32.7 Å². The summed E-state index contributed by atoms with van der Waals surface area (Å²) in [5.74, 6) is 1.59. The molecule has 0 bridgehead atoms. The molecule has 1 fully saturated rings. The summed E-state index contributed by atoms with van der Waals surface area (Å²) in [4.78, 5) is 4.23. The van der Waals surface area contributed by atoms with Crippen LogP contribution in [0.15, 0.2) is 39.8 Å². The Morgan fingerprint density at radius 2 is 1.84 bits per heavy atom. The first kappa shape index (κ1) is 23.2. The van der Waals surface area contributed by atoms with E-state index in [9.17, 15) is 8.42 Å². The summed E-state index contributed by atoms with van der Waals surface area (Å²) >= 11 is 0. The molecule has 0 atom stereocenters. The first-order valence-corrected chi connectivity index (χ1v) is 12.0. The van der Waals surface area contributed by atoms with E-state index in [4.69, 9.17) is 9.26 Å². The molecule has 0 amide bonds. The lowest BCUT2D eigenvalue weighted by atomic mass is 10.1. The fourth-order valence-electron chi connectivity index (χ4n) is 3.24. The lowest BCUT2D eigenvalue weighted by Crippen LogP contribution is -2.41. The minimum absolute atomic E-state index is 0.0348. The van der Waals surface area contributed by atoms with Gasteiger partial charge in [-0.15, -0.1) is 0 Å². The largest absolute Gasteiger partial charge is 0.379 e. The second-order valence-corrected chi connectivity index (χ2v) is 9.66. The summed E-state index contributed by atoms with van der Waals surface area (Å²) in [5, 5.41) is 10.5. The van der Waals surface area contributed by atoms with Gasteiger partial charge in [0.1, 0.15) is 0 Å². The Kier molecular flexibility index (Phi) is 8.05. The summed E-state index contributed by atoms with van der Waals surface area (Å²) in [5.41, 5.74) is 2.59. The minimum atomic E-state index is -3.39. The van der Waals surface area contributed by atoms with Crippen LogP contribution in [0.1, 0.15) is 42.3 Å². The minimum Gasteiger partial charge on any atom is -0.379 e. The molecule has 170 valence electrons. The van der Waals surface area contributed by atoms with Crippen LogP contribution in [0.2, 0.25) is 0 Å². The van der Waals surface area contributed by atoms with Crippen molar-refractivity contribution in [1.29, 1.82) is 0 Å². The molecule has 10 heteroatoms. The Balaban J connectivity index is 1.59. The van der Waals surface area contributed by atoms with E-state index in [0.717, 1.165) is 22.6 Å². The number of hydrogen-bond donors (Lipinski definition) is 2. The van der Waals surface area contributed by atoms with Crippen LogP contribution in [-0.2, 0) is 33.6 Å². The van der Waals surface area contributed by atoms with Crippen LogP contribution in [0.5, 0.6) is 0 Å². The van der Waals surface area contributed by atoms with Crippen LogP contribution in [0.4, 0.5) is 0 Å². The number of ether oxygens (including phenoxy) is 1. The van der Waals surface area contributed by atoms with E-state index in [-0.39, 0.29) is 5.75 Å². The highest BCUT2D eigenvalue weighted by atomic mass is 32.2. The molecule has 1 aliphatic heterocycles. The van der Waals surface area contributed by atoms with Gasteiger partial charge in [0.2, 0.25) is 10.0 Å². The Bertz CT molecular complexity index is 981. The molecular formula is C21H31N5O4S. The van der Waals surface area contributed by atoms with Crippen molar-refractivity contribution in [2.24, 2.45) is 4.99 Å². The maximum Gasteiger partial charge on any atom is 0.218 e. The van der Waals surface area contributed by atoms with Crippen LogP contribution in [0, 0.1) is 0 Å². The highest BCUT2D eigenvalue weighted by Crippen LogP contribution is 2.17. The van der Waals surface area contributed by atoms with Gasteiger partial charge >= 0.3 is 0 Å². The Morgan fingerprint density at radius 1 is 1.16 bits per heavy atom. The summed E-state index contributed by atoms with van der Waals surface area (Å²) in [6.45, 7) is 6.70. The number of rotatable bonds is 8. The van der Waals surface area contributed by atoms with E-state index >= 15 is 0 Å². The summed E-state index contributed by atoms with van der Waals surface area (Å²) in [7, 11) is -1.71. The van der Waals surface area contributed by atoms with E-state index < -0.39 is 10.0 Å². The van der Waals surface area contributed by atoms with Gasteiger partial charge in [-0.3, -0.25) is 4.99 Å². The summed E-state index contributed by atoms with van der Waals surface area (Å²) in [6, 6.07) is 9.47. The monoisotopic (exact) mass is 449 g/mol. The molecule has 0 spiro atoms. The van der Waals surface area contributed by atoms with Crippen LogP contribution >= 0.6 is 0 Å². The van der Waals surface area contributed by atoms with Crippen LogP contribution < -0.4 is 10.6 Å². The summed E-state index contributed by atoms with van der Waals surface area (Å²) < 4.78 is 37.7. The van der Waals surface area contributed by atoms with Gasteiger partial charge in [-0.2, -0.15) is 4.31 Å². The van der Waals surface area contributed by atoms with E-state index in [1.807, 2.05) is 30.3 Å². The third-order valence-corrected chi connectivity index (χ3v) is 6.92. The predicted molar refractivity (Wildman–Crippen MR) is 119 cm³/mol. The SMILES string of the molecule is CN=C(NCc1cc(C(C)C)no1)NCc1ccccc1CS(=O)(=O)N1CCOCC1. The Hall–Kier alpha value is -2.43. The number of nitrogens with one attached hydrogen (secondary N) is 2. The number of guanidine groups is 1. The highest BCUT2D eigenvalue weighted by Gasteiger charge is 2.25. The molecule has 3 rings (SSSR count). The third kappa shape index (κ3) is 6.52. The van der Waals surface area contributed by atoms with Crippen molar-refractivity contribution in [2.75, 3.05) is 33.4 Å². The highest BCUT2D eigenvalue weighted by molar-refractivity contribution is 7.88. The topological polar surface area (TPSA) is 109 Å². The van der Waals surface area contributed by atoms with Gasteiger partial charge in [0.15, 0.2) is 11.7 Å². The second kappa shape index (κ2) is 10.7.